The molecule has 0 aliphatic carbocycles. The van der Waals surface area contributed by atoms with Gasteiger partial charge in [-0.05, 0) is 42.7 Å². The third kappa shape index (κ3) is 4.67. The summed E-state index contributed by atoms with van der Waals surface area (Å²) in [5.41, 5.74) is 3.67. The van der Waals surface area contributed by atoms with Crippen LogP contribution in [0, 0.1) is 0 Å². The molecule has 1 N–H and O–H groups in total. The smallest absolute Gasteiger partial charge is 0.274 e. The number of methoxy groups -OCH3 is 1. The van der Waals surface area contributed by atoms with Crippen LogP contribution >= 0.6 is 0 Å². The van der Waals surface area contributed by atoms with E-state index >= 15 is 0 Å². The Morgan fingerprint density at radius 2 is 2.15 bits per heavy atom. The molecule has 1 amide bonds. The molecule has 4 heterocycles. The number of likely N-dealkylation sites (tertiary alicyclic amines) is 1. The summed E-state index contributed by atoms with van der Waals surface area (Å²) in [6.45, 7) is 3.81. The van der Waals surface area contributed by atoms with Crippen LogP contribution in [0.1, 0.15) is 45.9 Å². The Morgan fingerprint density at radius 1 is 1.24 bits per heavy atom. The number of benzene rings is 1. The predicted octanol–water partition coefficient (Wildman–Crippen LogP) is 2.69. The number of aliphatic hydroxyl groups excluding tert-OH is 1. The molecule has 0 radical (unpaired) electrons. The molecule has 5 rings (SSSR count). The Kier molecular flexibility index (Phi) is 6.20. The monoisotopic (exact) mass is 450 g/mol. The molecule has 1 aromatic carbocycles. The Labute approximate surface area is 193 Å². The first kappa shape index (κ1) is 21.7. The van der Waals surface area contributed by atoms with Gasteiger partial charge in [-0.25, -0.2) is 0 Å². The molecule has 174 valence electrons. The fraction of sp³-hybridized carbons (Fsp3) is 0.440. The number of hydrogen-bond donors (Lipinski definition) is 1. The number of furan rings is 1. The van der Waals surface area contributed by atoms with Crippen molar-refractivity contribution in [3.8, 4) is 5.75 Å². The zero-order chi connectivity index (χ0) is 22.8. The van der Waals surface area contributed by atoms with Crippen LogP contribution in [0.25, 0.3) is 0 Å². The minimum atomic E-state index is -0.465. The van der Waals surface area contributed by atoms with E-state index in [2.05, 4.69) is 4.90 Å². The van der Waals surface area contributed by atoms with Gasteiger partial charge in [0.05, 0.1) is 32.6 Å². The normalized spacial score (nSPS) is 18.8. The van der Waals surface area contributed by atoms with Crippen LogP contribution < -0.4 is 4.74 Å². The van der Waals surface area contributed by atoms with Gasteiger partial charge in [0.25, 0.3) is 5.91 Å². The van der Waals surface area contributed by atoms with Crippen molar-refractivity contribution < 1.29 is 19.1 Å². The van der Waals surface area contributed by atoms with Crippen LogP contribution in [0.3, 0.4) is 0 Å². The fourth-order valence-electron chi connectivity index (χ4n) is 4.84. The predicted molar refractivity (Wildman–Crippen MR) is 122 cm³/mol. The standard InChI is InChI=1S/C25H30N4O4/c1-32-20-7-2-5-18(13-20)14-29-23-9-11-27(16-21-8-4-12-33-21)17-22(23)24(26-29)25(31)28-10-3-6-19(30)15-28/h2,4-5,7-8,12-13,19,30H,3,6,9-11,14-17H2,1H3. The van der Waals surface area contributed by atoms with Gasteiger partial charge >= 0.3 is 0 Å². The SMILES string of the molecule is COc1cccc(Cn2nc(C(=O)N3CCCC(O)C3)c3c2CCN(Cc2ccco2)C3)c1. The maximum Gasteiger partial charge on any atom is 0.274 e. The maximum atomic E-state index is 13.5. The highest BCUT2D eigenvalue weighted by Gasteiger charge is 2.32. The molecule has 1 fully saturated rings. The highest BCUT2D eigenvalue weighted by Crippen LogP contribution is 2.27. The lowest BCUT2D eigenvalue weighted by Gasteiger charge is -2.30. The summed E-state index contributed by atoms with van der Waals surface area (Å²) >= 11 is 0. The number of aliphatic hydroxyl groups is 1. The Hall–Kier alpha value is -3.10. The van der Waals surface area contributed by atoms with Gasteiger partial charge in [-0.2, -0.15) is 5.10 Å². The molecule has 8 heteroatoms. The Bertz CT molecular complexity index is 1110. The number of aromatic nitrogens is 2. The van der Waals surface area contributed by atoms with E-state index in [0.29, 0.717) is 38.4 Å². The van der Waals surface area contributed by atoms with E-state index in [0.717, 1.165) is 54.1 Å². The maximum absolute atomic E-state index is 13.5. The van der Waals surface area contributed by atoms with Crippen LogP contribution in [0.5, 0.6) is 5.75 Å². The van der Waals surface area contributed by atoms with Crippen molar-refractivity contribution in [2.75, 3.05) is 26.7 Å². The third-order valence-corrected chi connectivity index (χ3v) is 6.53. The molecule has 33 heavy (non-hydrogen) atoms. The molecule has 3 aromatic rings. The number of ether oxygens (including phenoxy) is 1. The van der Waals surface area contributed by atoms with E-state index in [-0.39, 0.29) is 5.91 Å². The number of β-amino-alcohol motifs (C(OH)–C–C–N with tert-alkyl or cyclic N) is 1. The lowest BCUT2D eigenvalue weighted by atomic mass is 10.0. The molecule has 2 aromatic heterocycles. The van der Waals surface area contributed by atoms with Crippen LogP contribution in [0.4, 0.5) is 0 Å². The van der Waals surface area contributed by atoms with Gasteiger partial charge in [0.2, 0.25) is 0 Å². The lowest BCUT2D eigenvalue weighted by molar-refractivity contribution is 0.0466. The van der Waals surface area contributed by atoms with Crippen molar-refractivity contribution in [2.24, 2.45) is 0 Å². The van der Waals surface area contributed by atoms with Gasteiger partial charge in [-0.3, -0.25) is 14.4 Å². The zero-order valence-electron chi connectivity index (χ0n) is 18.9. The average molecular weight is 451 g/mol. The summed E-state index contributed by atoms with van der Waals surface area (Å²) in [6, 6.07) is 11.8. The van der Waals surface area contributed by atoms with Crippen LogP contribution in [0.2, 0.25) is 0 Å². The molecule has 0 saturated carbocycles. The van der Waals surface area contributed by atoms with Gasteiger partial charge in [-0.15, -0.1) is 0 Å². The van der Waals surface area contributed by atoms with Crippen molar-refractivity contribution in [2.45, 2.75) is 45.0 Å². The minimum Gasteiger partial charge on any atom is -0.497 e. The van der Waals surface area contributed by atoms with E-state index in [1.54, 1.807) is 18.3 Å². The first-order valence-corrected chi connectivity index (χ1v) is 11.5. The number of carbonyl (C=O) groups is 1. The van der Waals surface area contributed by atoms with E-state index in [4.69, 9.17) is 14.3 Å². The second-order valence-electron chi connectivity index (χ2n) is 8.87. The van der Waals surface area contributed by atoms with Gasteiger partial charge in [0.1, 0.15) is 11.5 Å². The second-order valence-corrected chi connectivity index (χ2v) is 8.87. The molecule has 1 saturated heterocycles. The number of amides is 1. The number of carbonyl (C=O) groups excluding carboxylic acids is 1. The molecule has 8 nitrogen and oxygen atoms in total. The van der Waals surface area contributed by atoms with Crippen LogP contribution in [-0.2, 0) is 26.1 Å². The molecule has 2 aliphatic rings. The van der Waals surface area contributed by atoms with Crippen LogP contribution in [-0.4, -0.2) is 63.4 Å². The van der Waals surface area contributed by atoms with Crippen LogP contribution in [0.15, 0.2) is 47.1 Å². The van der Waals surface area contributed by atoms with E-state index in [1.165, 1.54) is 0 Å². The largest absolute Gasteiger partial charge is 0.497 e. The van der Waals surface area contributed by atoms with Crippen molar-refractivity contribution in [1.29, 1.82) is 0 Å². The Morgan fingerprint density at radius 3 is 2.94 bits per heavy atom. The number of rotatable bonds is 6. The van der Waals surface area contributed by atoms with Crippen molar-refractivity contribution >= 4 is 5.91 Å². The number of fused-ring (bicyclic) bond motifs is 1. The lowest BCUT2D eigenvalue weighted by Crippen LogP contribution is -2.43. The highest BCUT2D eigenvalue weighted by molar-refractivity contribution is 5.94. The number of piperidine rings is 1. The molecular weight excluding hydrogens is 420 g/mol. The first-order chi connectivity index (χ1) is 16.1. The number of nitrogens with zero attached hydrogens (tertiary/aromatic N) is 4. The molecule has 0 spiro atoms. The van der Waals surface area contributed by atoms with Crippen molar-refractivity contribution in [3.05, 3.63) is 70.9 Å². The zero-order valence-corrected chi connectivity index (χ0v) is 18.9. The molecular formula is C25H30N4O4. The summed E-state index contributed by atoms with van der Waals surface area (Å²) in [4.78, 5) is 17.5. The van der Waals surface area contributed by atoms with Crippen molar-refractivity contribution in [3.63, 3.8) is 0 Å². The summed E-state index contributed by atoms with van der Waals surface area (Å²) in [6.07, 6.45) is 3.58. The molecule has 2 aliphatic heterocycles. The van der Waals surface area contributed by atoms with Gasteiger partial charge in [-0.1, -0.05) is 12.1 Å². The molecule has 0 bridgehead atoms. The van der Waals surface area contributed by atoms with E-state index in [9.17, 15) is 9.90 Å². The summed E-state index contributed by atoms with van der Waals surface area (Å²) in [5.74, 6) is 1.63. The Balaban J connectivity index is 1.45. The quantitative estimate of drug-likeness (QED) is 0.622. The van der Waals surface area contributed by atoms with Gasteiger partial charge < -0.3 is 19.2 Å². The summed E-state index contributed by atoms with van der Waals surface area (Å²) in [7, 11) is 1.66. The fourth-order valence-corrected chi connectivity index (χ4v) is 4.84. The number of hydrogen-bond acceptors (Lipinski definition) is 6. The second kappa shape index (κ2) is 9.41. The van der Waals surface area contributed by atoms with Gasteiger partial charge in [0, 0.05) is 43.9 Å². The summed E-state index contributed by atoms with van der Waals surface area (Å²) in [5, 5.41) is 14.9. The first-order valence-electron chi connectivity index (χ1n) is 11.5. The topological polar surface area (TPSA) is 84.0 Å². The van der Waals surface area contributed by atoms with Crippen molar-refractivity contribution in [1.82, 2.24) is 19.6 Å². The minimum absolute atomic E-state index is 0.0887. The highest BCUT2D eigenvalue weighted by atomic mass is 16.5. The molecule has 1 atom stereocenters. The van der Waals surface area contributed by atoms with Gasteiger partial charge in [0.15, 0.2) is 5.69 Å². The van der Waals surface area contributed by atoms with E-state index in [1.807, 2.05) is 41.1 Å². The van der Waals surface area contributed by atoms with E-state index < -0.39 is 6.10 Å². The average Bonchev–Trinajstić information content (AvgIpc) is 3.47. The summed E-state index contributed by atoms with van der Waals surface area (Å²) < 4.78 is 12.9. The molecule has 1 unspecified atom stereocenters. The third-order valence-electron chi connectivity index (χ3n) is 6.53.